The Morgan fingerprint density at radius 1 is 1.42 bits per heavy atom. The quantitative estimate of drug-likeness (QED) is 0.867. The molecule has 3 rings (SSSR count). The average Bonchev–Trinajstić information content (AvgIpc) is 2.86. The number of hydrogen-bond donors (Lipinski definition) is 1. The van der Waals surface area contributed by atoms with E-state index in [0.29, 0.717) is 13.1 Å². The molecule has 2 heterocycles. The Balaban J connectivity index is 1.65. The number of piperidine rings is 1. The first-order chi connectivity index (χ1) is 9.09. The van der Waals surface area contributed by atoms with E-state index in [4.69, 9.17) is 5.11 Å². The van der Waals surface area contributed by atoms with Crippen LogP contribution in [0.15, 0.2) is 18.5 Å². The molecule has 2 aliphatic rings. The van der Waals surface area contributed by atoms with Gasteiger partial charge in [0.25, 0.3) is 0 Å². The van der Waals surface area contributed by atoms with Crippen LogP contribution in [0.3, 0.4) is 0 Å². The highest BCUT2D eigenvalue weighted by atomic mass is 16.4. The third-order valence-corrected chi connectivity index (χ3v) is 4.37. The molecule has 1 aliphatic carbocycles. The molecule has 0 bridgehead atoms. The van der Waals surface area contributed by atoms with Crippen molar-refractivity contribution in [2.45, 2.75) is 19.4 Å². The van der Waals surface area contributed by atoms with Gasteiger partial charge in [0.2, 0.25) is 5.91 Å². The maximum Gasteiger partial charge on any atom is 0.307 e. The maximum absolute atomic E-state index is 12.4. The molecule has 6 heteroatoms. The monoisotopic (exact) mass is 263 g/mol. The van der Waals surface area contributed by atoms with Crippen LogP contribution in [0.2, 0.25) is 0 Å². The summed E-state index contributed by atoms with van der Waals surface area (Å²) in [4.78, 5) is 25.2. The fourth-order valence-corrected chi connectivity index (χ4v) is 3.19. The molecule has 2 fully saturated rings. The van der Waals surface area contributed by atoms with E-state index in [2.05, 4.69) is 5.10 Å². The van der Waals surface area contributed by atoms with Gasteiger partial charge >= 0.3 is 5.97 Å². The number of carboxylic acids is 1. The molecular weight excluding hydrogens is 246 g/mol. The van der Waals surface area contributed by atoms with Crippen LogP contribution in [-0.2, 0) is 9.59 Å². The van der Waals surface area contributed by atoms with Gasteiger partial charge in [0.1, 0.15) is 6.04 Å². The van der Waals surface area contributed by atoms with Crippen molar-refractivity contribution in [3.8, 4) is 0 Å². The fourth-order valence-electron chi connectivity index (χ4n) is 3.19. The van der Waals surface area contributed by atoms with Crippen LogP contribution >= 0.6 is 0 Å². The SMILES string of the molecule is CC(C(=O)N1CC[C@H]2[C@@H](C1)[C@H]2C(=O)O)n1cccn1. The second kappa shape index (κ2) is 4.36. The lowest BCUT2D eigenvalue weighted by atomic mass is 10.1. The number of hydrogen-bond acceptors (Lipinski definition) is 3. The van der Waals surface area contributed by atoms with Crippen LogP contribution < -0.4 is 0 Å². The number of carbonyl (C=O) groups excluding carboxylic acids is 1. The van der Waals surface area contributed by atoms with Gasteiger partial charge in [-0.1, -0.05) is 0 Å². The molecule has 1 aromatic rings. The van der Waals surface area contributed by atoms with E-state index in [1.165, 1.54) is 0 Å². The van der Waals surface area contributed by atoms with Crippen molar-refractivity contribution in [2.24, 2.45) is 17.8 Å². The summed E-state index contributed by atoms with van der Waals surface area (Å²) < 4.78 is 1.63. The van der Waals surface area contributed by atoms with Gasteiger partial charge in [-0.25, -0.2) is 0 Å². The summed E-state index contributed by atoms with van der Waals surface area (Å²) in [5, 5.41) is 13.1. The summed E-state index contributed by atoms with van der Waals surface area (Å²) in [5.41, 5.74) is 0. The zero-order valence-corrected chi connectivity index (χ0v) is 10.8. The smallest absolute Gasteiger partial charge is 0.307 e. The molecule has 102 valence electrons. The third-order valence-electron chi connectivity index (χ3n) is 4.37. The minimum absolute atomic E-state index is 0.0261. The number of carbonyl (C=O) groups is 2. The summed E-state index contributed by atoms with van der Waals surface area (Å²) in [6, 6.07) is 1.46. The second-order valence-electron chi connectivity index (χ2n) is 5.43. The van der Waals surface area contributed by atoms with E-state index < -0.39 is 5.97 Å². The molecule has 19 heavy (non-hydrogen) atoms. The van der Waals surface area contributed by atoms with E-state index in [0.717, 1.165) is 6.42 Å². The lowest BCUT2D eigenvalue weighted by Gasteiger charge is -2.28. The second-order valence-corrected chi connectivity index (χ2v) is 5.43. The molecule has 0 aromatic carbocycles. The molecule has 6 nitrogen and oxygen atoms in total. The number of rotatable bonds is 3. The van der Waals surface area contributed by atoms with Crippen molar-refractivity contribution < 1.29 is 14.7 Å². The van der Waals surface area contributed by atoms with E-state index in [1.807, 2.05) is 6.92 Å². The molecular formula is C13H17N3O3. The molecule has 1 unspecified atom stereocenters. The first-order valence-corrected chi connectivity index (χ1v) is 6.60. The molecule has 1 N–H and O–H groups in total. The van der Waals surface area contributed by atoms with Crippen molar-refractivity contribution in [3.63, 3.8) is 0 Å². The molecule has 1 amide bonds. The Hall–Kier alpha value is -1.85. The van der Waals surface area contributed by atoms with Gasteiger partial charge in [-0.3, -0.25) is 14.3 Å². The van der Waals surface area contributed by atoms with Crippen LogP contribution in [0, 0.1) is 17.8 Å². The molecule has 1 aliphatic heterocycles. The van der Waals surface area contributed by atoms with Gasteiger partial charge in [0.15, 0.2) is 0 Å². The highest BCUT2D eigenvalue weighted by molar-refractivity contribution is 5.81. The number of likely N-dealkylation sites (tertiary alicyclic amines) is 1. The molecule has 0 spiro atoms. The first-order valence-electron chi connectivity index (χ1n) is 6.60. The normalized spacial score (nSPS) is 30.6. The molecule has 1 saturated heterocycles. The van der Waals surface area contributed by atoms with Gasteiger partial charge in [-0.05, 0) is 31.2 Å². The fraction of sp³-hybridized carbons (Fsp3) is 0.615. The van der Waals surface area contributed by atoms with Crippen LogP contribution in [0.1, 0.15) is 19.4 Å². The van der Waals surface area contributed by atoms with Crippen LogP contribution in [0.5, 0.6) is 0 Å². The predicted octanol–water partition coefficient (Wildman–Crippen LogP) is 0.623. The van der Waals surface area contributed by atoms with E-state index >= 15 is 0 Å². The van der Waals surface area contributed by atoms with Crippen LogP contribution in [-0.4, -0.2) is 44.8 Å². The van der Waals surface area contributed by atoms with Gasteiger partial charge in [0.05, 0.1) is 5.92 Å². The number of nitrogens with zero attached hydrogens (tertiary/aromatic N) is 3. The number of amides is 1. The van der Waals surface area contributed by atoms with Crippen LogP contribution in [0.4, 0.5) is 0 Å². The number of fused-ring (bicyclic) bond motifs is 1. The largest absolute Gasteiger partial charge is 0.481 e. The number of carboxylic acid groups (broad SMARTS) is 1. The summed E-state index contributed by atoms with van der Waals surface area (Å²) in [6.07, 6.45) is 4.23. The number of aliphatic carboxylic acids is 1. The van der Waals surface area contributed by atoms with E-state index in [9.17, 15) is 9.59 Å². The van der Waals surface area contributed by atoms with Crippen molar-refractivity contribution in [1.29, 1.82) is 0 Å². The first kappa shape index (κ1) is 12.2. The predicted molar refractivity (Wildman–Crippen MR) is 66.2 cm³/mol. The minimum Gasteiger partial charge on any atom is -0.481 e. The highest BCUT2D eigenvalue weighted by Gasteiger charge is 2.57. The zero-order valence-electron chi connectivity index (χ0n) is 10.8. The zero-order chi connectivity index (χ0) is 13.6. The van der Waals surface area contributed by atoms with Crippen molar-refractivity contribution in [3.05, 3.63) is 18.5 Å². The highest BCUT2D eigenvalue weighted by Crippen LogP contribution is 2.51. The average molecular weight is 263 g/mol. The van der Waals surface area contributed by atoms with E-state index in [1.54, 1.807) is 28.0 Å². The number of aromatic nitrogens is 2. The minimum atomic E-state index is -0.718. The lowest BCUT2D eigenvalue weighted by Crippen LogP contribution is -2.40. The molecule has 1 saturated carbocycles. The van der Waals surface area contributed by atoms with Crippen molar-refractivity contribution >= 4 is 11.9 Å². The summed E-state index contributed by atoms with van der Waals surface area (Å²) >= 11 is 0. The Labute approximate surface area is 111 Å². The third kappa shape index (κ3) is 2.01. The Kier molecular flexibility index (Phi) is 2.80. The van der Waals surface area contributed by atoms with Gasteiger partial charge in [-0.2, -0.15) is 5.10 Å². The van der Waals surface area contributed by atoms with Crippen molar-refractivity contribution in [1.82, 2.24) is 14.7 Å². The molecule has 0 radical (unpaired) electrons. The topological polar surface area (TPSA) is 75.4 Å². The molecule has 4 atom stereocenters. The maximum atomic E-state index is 12.4. The van der Waals surface area contributed by atoms with Gasteiger partial charge in [-0.15, -0.1) is 0 Å². The van der Waals surface area contributed by atoms with Gasteiger partial charge < -0.3 is 10.0 Å². The van der Waals surface area contributed by atoms with E-state index in [-0.39, 0.29) is 29.7 Å². The van der Waals surface area contributed by atoms with Gasteiger partial charge in [0, 0.05) is 25.5 Å². The standard InChI is InChI=1S/C13H17N3O3/c1-8(16-5-2-4-14-16)12(17)15-6-3-9-10(7-15)11(9)13(18)19/h2,4-5,8-11H,3,6-7H2,1H3,(H,18,19)/t8?,9-,10+,11-/m0/s1. The Morgan fingerprint density at radius 3 is 2.84 bits per heavy atom. The Morgan fingerprint density at radius 2 is 2.21 bits per heavy atom. The summed E-state index contributed by atoms with van der Waals surface area (Å²) in [6.45, 7) is 3.06. The van der Waals surface area contributed by atoms with Crippen molar-refractivity contribution in [2.75, 3.05) is 13.1 Å². The molecule has 1 aromatic heterocycles. The Bertz CT molecular complexity index is 499. The van der Waals surface area contributed by atoms with Crippen LogP contribution in [0.25, 0.3) is 0 Å². The summed E-state index contributed by atoms with van der Waals surface area (Å²) in [7, 11) is 0. The summed E-state index contributed by atoms with van der Waals surface area (Å²) in [5.74, 6) is -0.498. The lowest BCUT2D eigenvalue weighted by molar-refractivity contribution is -0.139.